The highest BCUT2D eigenvalue weighted by Gasteiger charge is 2.31. The third-order valence-electron chi connectivity index (χ3n) is 5.22. The van der Waals surface area contributed by atoms with Gasteiger partial charge in [0.05, 0.1) is 20.3 Å². The van der Waals surface area contributed by atoms with Crippen LogP contribution in [-0.2, 0) is 11.2 Å². The average molecular weight is 545 g/mol. The molecule has 0 aliphatic heterocycles. The predicted molar refractivity (Wildman–Crippen MR) is 137 cm³/mol. The summed E-state index contributed by atoms with van der Waals surface area (Å²) in [7, 11) is 1.60. The van der Waals surface area contributed by atoms with E-state index in [9.17, 15) is 22.8 Å². The Morgan fingerprint density at radius 2 is 1.64 bits per heavy atom. The highest BCUT2D eigenvalue weighted by atomic mass is 19.4. The van der Waals surface area contributed by atoms with Crippen LogP contribution in [0.25, 0.3) is 6.08 Å². The number of hydrogen-bond donors (Lipinski definition) is 3. The van der Waals surface area contributed by atoms with Crippen molar-refractivity contribution in [2.75, 3.05) is 26.9 Å². The Hall–Kier alpha value is -4.51. The molecule has 3 aromatic carbocycles. The Kier molecular flexibility index (Phi) is 10.3. The maximum absolute atomic E-state index is 12.8. The van der Waals surface area contributed by atoms with Gasteiger partial charge in [-0.15, -0.1) is 13.2 Å². The molecule has 0 heterocycles. The SMILES string of the molecule is COc1cccc(CCOc2ccc(C(=O)N/C(=C\c3ccc(OC(F)(F)F)cc3)C(=O)NCCO)cc2)c1. The Morgan fingerprint density at radius 3 is 2.28 bits per heavy atom. The van der Waals surface area contributed by atoms with Gasteiger partial charge in [0.1, 0.15) is 22.9 Å². The van der Waals surface area contributed by atoms with Crippen LogP contribution in [0.3, 0.4) is 0 Å². The molecular weight excluding hydrogens is 517 g/mol. The smallest absolute Gasteiger partial charge is 0.497 e. The Bertz CT molecular complexity index is 1280. The molecule has 0 bridgehead atoms. The molecule has 0 aromatic heterocycles. The fourth-order valence-corrected chi connectivity index (χ4v) is 3.37. The van der Waals surface area contributed by atoms with Crippen LogP contribution in [0, 0.1) is 0 Å². The van der Waals surface area contributed by atoms with Gasteiger partial charge in [0.25, 0.3) is 11.8 Å². The zero-order valence-electron chi connectivity index (χ0n) is 21.0. The number of methoxy groups -OCH3 is 1. The number of aliphatic hydroxyl groups is 1. The highest BCUT2D eigenvalue weighted by Crippen LogP contribution is 2.23. The lowest BCUT2D eigenvalue weighted by molar-refractivity contribution is -0.274. The molecule has 0 radical (unpaired) electrons. The van der Waals surface area contributed by atoms with Crippen molar-refractivity contribution in [1.82, 2.24) is 10.6 Å². The van der Waals surface area contributed by atoms with Crippen LogP contribution < -0.4 is 24.8 Å². The lowest BCUT2D eigenvalue weighted by Gasteiger charge is -2.12. The summed E-state index contributed by atoms with van der Waals surface area (Å²) in [5.41, 5.74) is 1.45. The largest absolute Gasteiger partial charge is 0.573 e. The van der Waals surface area contributed by atoms with Crippen LogP contribution in [0.1, 0.15) is 21.5 Å². The van der Waals surface area contributed by atoms with E-state index in [0.717, 1.165) is 23.4 Å². The fraction of sp³-hybridized carbons (Fsp3) is 0.214. The molecule has 3 rings (SSSR count). The molecule has 8 nitrogen and oxygen atoms in total. The monoisotopic (exact) mass is 544 g/mol. The average Bonchev–Trinajstić information content (AvgIpc) is 2.92. The second-order valence-electron chi connectivity index (χ2n) is 8.08. The first-order valence-corrected chi connectivity index (χ1v) is 11.8. The van der Waals surface area contributed by atoms with Crippen LogP contribution in [0.2, 0.25) is 0 Å². The molecule has 11 heteroatoms. The Balaban J connectivity index is 1.65. The maximum Gasteiger partial charge on any atom is 0.573 e. The minimum Gasteiger partial charge on any atom is -0.497 e. The van der Waals surface area contributed by atoms with Crippen LogP contribution in [0.5, 0.6) is 17.2 Å². The van der Waals surface area contributed by atoms with Gasteiger partial charge >= 0.3 is 6.36 Å². The summed E-state index contributed by atoms with van der Waals surface area (Å²) in [5, 5.41) is 13.9. The van der Waals surface area contributed by atoms with Gasteiger partial charge in [0, 0.05) is 18.5 Å². The normalized spacial score (nSPS) is 11.5. The quantitative estimate of drug-likeness (QED) is 0.297. The number of benzene rings is 3. The first kappa shape index (κ1) is 29.1. The van der Waals surface area contributed by atoms with Crippen LogP contribution in [-0.4, -0.2) is 50.2 Å². The number of amides is 2. The van der Waals surface area contributed by atoms with Gasteiger partial charge in [-0.2, -0.15) is 0 Å². The van der Waals surface area contributed by atoms with Gasteiger partial charge in [-0.25, -0.2) is 0 Å². The van der Waals surface area contributed by atoms with E-state index >= 15 is 0 Å². The minimum absolute atomic E-state index is 0.0633. The third kappa shape index (κ3) is 9.71. The fourth-order valence-electron chi connectivity index (χ4n) is 3.37. The van der Waals surface area contributed by atoms with Gasteiger partial charge < -0.3 is 30.0 Å². The first-order valence-electron chi connectivity index (χ1n) is 11.8. The summed E-state index contributed by atoms with van der Waals surface area (Å²) in [6, 6.07) is 18.7. The van der Waals surface area contributed by atoms with Gasteiger partial charge in [0.15, 0.2) is 0 Å². The van der Waals surface area contributed by atoms with Crippen molar-refractivity contribution in [3.05, 3.63) is 95.2 Å². The van der Waals surface area contributed by atoms with Crippen molar-refractivity contribution in [1.29, 1.82) is 0 Å². The van der Waals surface area contributed by atoms with Crippen molar-refractivity contribution >= 4 is 17.9 Å². The summed E-state index contributed by atoms with van der Waals surface area (Å²) < 4.78 is 52.0. The van der Waals surface area contributed by atoms with E-state index in [1.807, 2.05) is 24.3 Å². The number of carbonyl (C=O) groups excluding carboxylic acids is 2. The molecule has 0 saturated carbocycles. The molecule has 2 amide bonds. The second-order valence-corrected chi connectivity index (χ2v) is 8.08. The van der Waals surface area contributed by atoms with Gasteiger partial charge in [-0.1, -0.05) is 24.3 Å². The number of rotatable bonds is 12. The zero-order valence-corrected chi connectivity index (χ0v) is 21.0. The van der Waals surface area contributed by atoms with Gasteiger partial charge in [-0.05, 0) is 65.7 Å². The standard InChI is InChI=1S/C28H27F3N2O6/c1-37-24-4-2-3-19(17-24)13-16-38-22-11-7-21(8-12-22)26(35)33-25(27(36)32-14-15-34)18-20-5-9-23(10-6-20)39-28(29,30)31/h2-12,17-18,34H,13-16H2,1H3,(H,32,36)(H,33,35)/b25-18-. The molecule has 3 aromatic rings. The number of carbonyl (C=O) groups is 2. The zero-order chi connectivity index (χ0) is 28.3. The van der Waals surface area contributed by atoms with E-state index in [2.05, 4.69) is 15.4 Å². The molecule has 0 fully saturated rings. The number of hydrogen-bond acceptors (Lipinski definition) is 6. The molecule has 0 spiro atoms. The number of nitrogens with one attached hydrogen (secondary N) is 2. The molecule has 0 aliphatic rings. The summed E-state index contributed by atoms with van der Waals surface area (Å²) >= 11 is 0. The summed E-state index contributed by atoms with van der Waals surface area (Å²) in [6.07, 6.45) is -2.89. The number of alkyl halides is 3. The summed E-state index contributed by atoms with van der Waals surface area (Å²) in [4.78, 5) is 25.4. The van der Waals surface area contributed by atoms with Crippen LogP contribution >= 0.6 is 0 Å². The van der Waals surface area contributed by atoms with Crippen LogP contribution in [0.4, 0.5) is 13.2 Å². The van der Waals surface area contributed by atoms with E-state index < -0.39 is 23.9 Å². The first-order chi connectivity index (χ1) is 18.7. The van der Waals surface area contributed by atoms with Crippen LogP contribution in [0.15, 0.2) is 78.5 Å². The third-order valence-corrected chi connectivity index (χ3v) is 5.22. The topological polar surface area (TPSA) is 106 Å². The van der Waals surface area contributed by atoms with E-state index in [1.165, 1.54) is 30.3 Å². The Morgan fingerprint density at radius 1 is 0.949 bits per heavy atom. The Labute approximate surface area is 223 Å². The van der Waals surface area contributed by atoms with E-state index in [4.69, 9.17) is 14.6 Å². The maximum atomic E-state index is 12.8. The summed E-state index contributed by atoms with van der Waals surface area (Å²) in [6.45, 7) is 0.0192. The van der Waals surface area contributed by atoms with Gasteiger partial charge in [0.2, 0.25) is 0 Å². The van der Waals surface area contributed by atoms with E-state index in [1.54, 1.807) is 19.2 Å². The molecule has 0 atom stereocenters. The molecule has 206 valence electrons. The lowest BCUT2D eigenvalue weighted by Crippen LogP contribution is -2.36. The van der Waals surface area contributed by atoms with E-state index in [-0.39, 0.29) is 24.4 Å². The van der Waals surface area contributed by atoms with Crippen molar-refractivity contribution in [2.24, 2.45) is 0 Å². The van der Waals surface area contributed by atoms with Crippen molar-refractivity contribution < 1.29 is 42.1 Å². The van der Waals surface area contributed by atoms with Crippen molar-refractivity contribution in [2.45, 2.75) is 12.8 Å². The summed E-state index contributed by atoms with van der Waals surface area (Å²) in [5.74, 6) is -0.410. The molecule has 39 heavy (non-hydrogen) atoms. The van der Waals surface area contributed by atoms with Gasteiger partial charge in [-0.3, -0.25) is 9.59 Å². The van der Waals surface area contributed by atoms with Crippen molar-refractivity contribution in [3.8, 4) is 17.2 Å². The highest BCUT2D eigenvalue weighted by molar-refractivity contribution is 6.05. The molecular formula is C28H27F3N2O6. The van der Waals surface area contributed by atoms with Crippen molar-refractivity contribution in [3.63, 3.8) is 0 Å². The second kappa shape index (κ2) is 13.9. The number of halogens is 3. The lowest BCUT2D eigenvalue weighted by atomic mass is 10.1. The minimum atomic E-state index is -4.84. The number of ether oxygens (including phenoxy) is 3. The molecule has 3 N–H and O–H groups in total. The van der Waals surface area contributed by atoms with E-state index in [0.29, 0.717) is 24.3 Å². The molecule has 0 saturated heterocycles. The molecule has 0 unspecified atom stereocenters. The number of aliphatic hydroxyl groups excluding tert-OH is 1. The predicted octanol–water partition coefficient (Wildman–Crippen LogP) is 4.09. The molecule has 0 aliphatic carbocycles.